The standard InChI is InChI=1S/C11H10N4S/c16-11-14-12-9-15(11)13-8-4-7-10-5-2-1-3-6-10/h1-9H,(H,14,16)/b7-4+,13-8-. The number of hydrogen-bond donors (Lipinski definition) is 1. The van der Waals surface area contributed by atoms with Crippen molar-refractivity contribution in [3.05, 3.63) is 53.1 Å². The zero-order valence-corrected chi connectivity index (χ0v) is 9.26. The van der Waals surface area contributed by atoms with E-state index in [4.69, 9.17) is 12.2 Å². The summed E-state index contributed by atoms with van der Waals surface area (Å²) < 4.78 is 1.97. The quantitative estimate of drug-likeness (QED) is 0.650. The molecule has 0 bridgehead atoms. The van der Waals surface area contributed by atoms with Crippen LogP contribution in [0.1, 0.15) is 5.56 Å². The van der Waals surface area contributed by atoms with Gasteiger partial charge in [0.05, 0.1) is 0 Å². The Hall–Kier alpha value is -2.01. The highest BCUT2D eigenvalue weighted by molar-refractivity contribution is 7.71. The maximum atomic E-state index is 4.94. The number of nitrogens with zero attached hydrogens (tertiary/aromatic N) is 3. The van der Waals surface area contributed by atoms with Crippen molar-refractivity contribution in [1.82, 2.24) is 14.9 Å². The fourth-order valence-corrected chi connectivity index (χ4v) is 1.30. The molecule has 0 saturated heterocycles. The lowest BCUT2D eigenvalue weighted by atomic mass is 10.2. The Morgan fingerprint density at radius 1 is 1.31 bits per heavy atom. The first kappa shape index (κ1) is 10.5. The average Bonchev–Trinajstić information content (AvgIpc) is 2.72. The van der Waals surface area contributed by atoms with Gasteiger partial charge >= 0.3 is 0 Å². The molecule has 0 unspecified atom stereocenters. The third kappa shape index (κ3) is 2.74. The summed E-state index contributed by atoms with van der Waals surface area (Å²) in [6.07, 6.45) is 7.00. The largest absolute Gasteiger partial charge is 0.250 e. The van der Waals surface area contributed by atoms with E-state index in [1.54, 1.807) is 6.21 Å². The minimum Gasteiger partial charge on any atom is -0.250 e. The fourth-order valence-electron chi connectivity index (χ4n) is 1.15. The highest BCUT2D eigenvalue weighted by Crippen LogP contribution is 1.99. The van der Waals surface area contributed by atoms with Crippen molar-refractivity contribution >= 4 is 24.5 Å². The van der Waals surface area contributed by atoms with E-state index in [9.17, 15) is 0 Å². The van der Waals surface area contributed by atoms with Crippen LogP contribution in [0.25, 0.3) is 6.08 Å². The van der Waals surface area contributed by atoms with Gasteiger partial charge in [0.2, 0.25) is 4.77 Å². The topological polar surface area (TPSA) is 46.0 Å². The first-order chi connectivity index (χ1) is 7.86. The van der Waals surface area contributed by atoms with E-state index in [-0.39, 0.29) is 0 Å². The van der Waals surface area contributed by atoms with Gasteiger partial charge in [-0.05, 0) is 23.9 Å². The Kier molecular flexibility index (Phi) is 3.40. The summed E-state index contributed by atoms with van der Waals surface area (Å²) in [6.45, 7) is 0. The van der Waals surface area contributed by atoms with Crippen molar-refractivity contribution in [2.45, 2.75) is 0 Å². The van der Waals surface area contributed by atoms with E-state index in [0.29, 0.717) is 4.77 Å². The zero-order chi connectivity index (χ0) is 11.2. The molecule has 2 rings (SSSR count). The molecule has 1 heterocycles. The molecule has 0 atom stereocenters. The van der Waals surface area contributed by atoms with Crippen LogP contribution in [0, 0.1) is 4.77 Å². The van der Waals surface area contributed by atoms with Gasteiger partial charge in [-0.25, -0.2) is 0 Å². The van der Waals surface area contributed by atoms with Gasteiger partial charge in [-0.1, -0.05) is 36.4 Å². The van der Waals surface area contributed by atoms with E-state index in [1.165, 1.54) is 11.0 Å². The van der Waals surface area contributed by atoms with Gasteiger partial charge in [0.1, 0.15) is 6.33 Å². The molecule has 0 aliphatic heterocycles. The normalized spacial score (nSPS) is 11.5. The molecular weight excluding hydrogens is 220 g/mol. The van der Waals surface area contributed by atoms with Crippen LogP contribution in [-0.4, -0.2) is 21.1 Å². The van der Waals surface area contributed by atoms with E-state index in [2.05, 4.69) is 15.3 Å². The second kappa shape index (κ2) is 5.18. The van der Waals surface area contributed by atoms with Crippen LogP contribution in [0.4, 0.5) is 0 Å². The van der Waals surface area contributed by atoms with Gasteiger partial charge in [0, 0.05) is 6.21 Å². The molecule has 1 N–H and O–H groups in total. The molecule has 0 aliphatic carbocycles. The minimum absolute atomic E-state index is 0.476. The molecule has 0 fully saturated rings. The predicted octanol–water partition coefficient (Wildman–Crippen LogP) is 2.49. The van der Waals surface area contributed by atoms with E-state index < -0.39 is 0 Å². The van der Waals surface area contributed by atoms with Crippen molar-refractivity contribution in [1.29, 1.82) is 0 Å². The van der Waals surface area contributed by atoms with Crippen molar-refractivity contribution in [3.63, 3.8) is 0 Å². The second-order valence-electron chi connectivity index (χ2n) is 3.04. The summed E-state index contributed by atoms with van der Waals surface area (Å²) in [5.41, 5.74) is 1.13. The molecule has 16 heavy (non-hydrogen) atoms. The average molecular weight is 230 g/mol. The molecule has 80 valence electrons. The Balaban J connectivity index is 2.03. The monoisotopic (exact) mass is 230 g/mol. The molecule has 2 aromatic rings. The number of benzene rings is 1. The van der Waals surface area contributed by atoms with Crippen molar-refractivity contribution < 1.29 is 0 Å². The van der Waals surface area contributed by atoms with Crippen LogP contribution in [0.5, 0.6) is 0 Å². The van der Waals surface area contributed by atoms with Crippen molar-refractivity contribution in [2.75, 3.05) is 0 Å². The Morgan fingerprint density at radius 3 is 2.81 bits per heavy atom. The molecule has 0 spiro atoms. The Labute approximate surface area is 97.9 Å². The van der Waals surface area contributed by atoms with Gasteiger partial charge in [-0.2, -0.15) is 14.9 Å². The Bertz CT molecular complexity index is 551. The number of H-pyrrole nitrogens is 1. The number of aromatic nitrogens is 3. The smallest absolute Gasteiger partial charge is 0.216 e. The third-order valence-corrected chi connectivity index (χ3v) is 2.18. The van der Waals surface area contributed by atoms with Gasteiger partial charge in [0.15, 0.2) is 0 Å². The zero-order valence-electron chi connectivity index (χ0n) is 8.45. The summed E-state index contributed by atoms with van der Waals surface area (Å²) in [7, 11) is 0. The lowest BCUT2D eigenvalue weighted by molar-refractivity contribution is 0.863. The number of allylic oxidation sites excluding steroid dienone is 1. The molecule has 0 amide bonds. The summed E-state index contributed by atoms with van der Waals surface area (Å²) in [5.74, 6) is 0. The van der Waals surface area contributed by atoms with E-state index in [0.717, 1.165) is 5.56 Å². The van der Waals surface area contributed by atoms with Crippen LogP contribution < -0.4 is 0 Å². The maximum absolute atomic E-state index is 4.94. The van der Waals surface area contributed by atoms with Crippen LogP contribution in [0.15, 0.2) is 47.8 Å². The molecule has 1 aromatic carbocycles. The van der Waals surface area contributed by atoms with Gasteiger partial charge in [0.25, 0.3) is 0 Å². The van der Waals surface area contributed by atoms with Crippen LogP contribution >= 0.6 is 12.2 Å². The molecule has 1 aromatic heterocycles. The highest BCUT2D eigenvalue weighted by Gasteiger charge is 1.85. The fraction of sp³-hybridized carbons (Fsp3) is 0. The summed E-state index contributed by atoms with van der Waals surface area (Å²) in [5, 5.41) is 10.5. The molecule has 5 heteroatoms. The van der Waals surface area contributed by atoms with Gasteiger partial charge < -0.3 is 0 Å². The number of nitrogens with one attached hydrogen (secondary N) is 1. The van der Waals surface area contributed by atoms with Crippen LogP contribution in [-0.2, 0) is 0 Å². The molecular formula is C11H10N4S. The predicted molar refractivity (Wildman–Crippen MR) is 66.8 cm³/mol. The first-order valence-corrected chi connectivity index (χ1v) is 5.15. The molecule has 0 aliphatic rings. The number of aromatic amines is 1. The van der Waals surface area contributed by atoms with Crippen LogP contribution in [0.2, 0.25) is 0 Å². The first-order valence-electron chi connectivity index (χ1n) is 4.74. The van der Waals surface area contributed by atoms with E-state index in [1.807, 2.05) is 42.5 Å². The highest BCUT2D eigenvalue weighted by atomic mass is 32.1. The second-order valence-corrected chi connectivity index (χ2v) is 3.43. The molecule has 0 saturated carbocycles. The van der Waals surface area contributed by atoms with Gasteiger partial charge in [-0.15, -0.1) is 0 Å². The maximum Gasteiger partial charge on any atom is 0.216 e. The lowest BCUT2D eigenvalue weighted by Crippen LogP contribution is -1.85. The van der Waals surface area contributed by atoms with E-state index >= 15 is 0 Å². The molecule has 4 nitrogen and oxygen atoms in total. The van der Waals surface area contributed by atoms with Crippen LogP contribution in [0.3, 0.4) is 0 Å². The third-order valence-electron chi connectivity index (χ3n) is 1.90. The molecule has 0 radical (unpaired) electrons. The summed E-state index contributed by atoms with van der Waals surface area (Å²) in [6, 6.07) is 10.0. The summed E-state index contributed by atoms with van der Waals surface area (Å²) >= 11 is 4.94. The minimum atomic E-state index is 0.476. The SMILES string of the molecule is S=c1[nH]ncn1/N=C\C=C\c1ccccc1. The lowest BCUT2D eigenvalue weighted by Gasteiger charge is -1.89. The van der Waals surface area contributed by atoms with Crippen molar-refractivity contribution in [2.24, 2.45) is 5.10 Å². The number of hydrogen-bond acceptors (Lipinski definition) is 3. The number of rotatable bonds is 3. The van der Waals surface area contributed by atoms with Crippen molar-refractivity contribution in [3.8, 4) is 0 Å². The Morgan fingerprint density at radius 2 is 2.12 bits per heavy atom. The van der Waals surface area contributed by atoms with Gasteiger partial charge in [-0.3, -0.25) is 5.10 Å². The summed E-state index contributed by atoms with van der Waals surface area (Å²) in [4.78, 5) is 0.